The van der Waals surface area contributed by atoms with E-state index in [0.717, 1.165) is 5.56 Å². The summed E-state index contributed by atoms with van der Waals surface area (Å²) in [5.74, 6) is 1.41. The summed E-state index contributed by atoms with van der Waals surface area (Å²) in [4.78, 5) is 0. The van der Waals surface area contributed by atoms with Crippen molar-refractivity contribution in [3.8, 4) is 11.5 Å². The molecule has 0 aromatic heterocycles. The molecule has 1 aromatic rings. The van der Waals surface area contributed by atoms with E-state index in [0.29, 0.717) is 31.3 Å². The number of ether oxygens (including phenoxy) is 4. The van der Waals surface area contributed by atoms with Gasteiger partial charge in [0.25, 0.3) is 0 Å². The molecule has 0 spiro atoms. The first kappa shape index (κ1) is 13.1. The molecule has 1 aromatic carbocycles. The summed E-state index contributed by atoms with van der Waals surface area (Å²) in [5, 5.41) is 0. The Bertz CT molecular complexity index is 368. The number of methoxy groups -OCH3 is 2. The van der Waals surface area contributed by atoms with E-state index >= 15 is 0 Å². The van der Waals surface area contributed by atoms with Crippen molar-refractivity contribution in [1.29, 1.82) is 0 Å². The summed E-state index contributed by atoms with van der Waals surface area (Å²) in [5.41, 5.74) is 7.08. The molecule has 2 N–H and O–H groups in total. The van der Waals surface area contributed by atoms with Gasteiger partial charge in [-0.15, -0.1) is 0 Å². The van der Waals surface area contributed by atoms with Crippen LogP contribution < -0.4 is 15.2 Å². The largest absolute Gasteiger partial charge is 0.496 e. The highest BCUT2D eigenvalue weighted by Gasteiger charge is 2.28. The van der Waals surface area contributed by atoms with Gasteiger partial charge in [0, 0.05) is 0 Å². The van der Waals surface area contributed by atoms with Crippen LogP contribution in [0.4, 0.5) is 0 Å². The van der Waals surface area contributed by atoms with Crippen LogP contribution in [0.15, 0.2) is 18.2 Å². The van der Waals surface area contributed by atoms with E-state index in [9.17, 15) is 0 Å². The van der Waals surface area contributed by atoms with Gasteiger partial charge in [0.2, 0.25) is 0 Å². The number of hydrogen-bond acceptors (Lipinski definition) is 5. The van der Waals surface area contributed by atoms with Crippen LogP contribution in [0.25, 0.3) is 0 Å². The van der Waals surface area contributed by atoms with Crippen molar-refractivity contribution in [3.05, 3.63) is 23.8 Å². The zero-order valence-electron chi connectivity index (χ0n) is 10.7. The molecule has 1 aliphatic rings. The fourth-order valence-electron chi connectivity index (χ4n) is 2.11. The fraction of sp³-hybridized carbons (Fsp3) is 0.538. The first-order chi connectivity index (χ1) is 8.77. The molecule has 2 rings (SSSR count). The van der Waals surface area contributed by atoms with Crippen LogP contribution in [0.3, 0.4) is 0 Å². The predicted octanol–water partition coefficient (Wildman–Crippen LogP) is 1.12. The van der Waals surface area contributed by atoms with Crippen LogP contribution in [-0.4, -0.2) is 40.1 Å². The molecule has 0 saturated carbocycles. The van der Waals surface area contributed by atoms with E-state index < -0.39 is 0 Å². The molecule has 0 bridgehead atoms. The minimum Gasteiger partial charge on any atom is -0.496 e. The summed E-state index contributed by atoms with van der Waals surface area (Å²) in [6.07, 6.45) is -0.177. The fourth-order valence-corrected chi connectivity index (χ4v) is 2.11. The van der Waals surface area contributed by atoms with Crippen molar-refractivity contribution in [2.45, 2.75) is 12.1 Å². The van der Waals surface area contributed by atoms with E-state index in [1.54, 1.807) is 14.2 Å². The molecule has 0 amide bonds. The van der Waals surface area contributed by atoms with Gasteiger partial charge in [-0.1, -0.05) is 6.07 Å². The number of nitrogens with two attached hydrogens (primary N) is 1. The first-order valence-corrected chi connectivity index (χ1v) is 5.93. The highest BCUT2D eigenvalue weighted by molar-refractivity contribution is 5.47. The SMILES string of the molecule is COc1cccc(OC)c1C(N)C1COCCO1. The molecule has 1 heterocycles. The molecule has 0 radical (unpaired) electrons. The second kappa shape index (κ2) is 6.04. The lowest BCUT2D eigenvalue weighted by Crippen LogP contribution is -2.38. The van der Waals surface area contributed by atoms with E-state index in [1.807, 2.05) is 18.2 Å². The van der Waals surface area contributed by atoms with Crippen molar-refractivity contribution in [3.63, 3.8) is 0 Å². The van der Waals surface area contributed by atoms with Crippen LogP contribution >= 0.6 is 0 Å². The topological polar surface area (TPSA) is 62.9 Å². The van der Waals surface area contributed by atoms with Gasteiger partial charge in [-0.2, -0.15) is 0 Å². The van der Waals surface area contributed by atoms with Crippen molar-refractivity contribution in [2.24, 2.45) is 5.73 Å². The molecule has 5 nitrogen and oxygen atoms in total. The Hall–Kier alpha value is -1.30. The van der Waals surface area contributed by atoms with Crippen LogP contribution in [-0.2, 0) is 9.47 Å². The lowest BCUT2D eigenvalue weighted by molar-refractivity contribution is -0.0979. The van der Waals surface area contributed by atoms with Crippen molar-refractivity contribution < 1.29 is 18.9 Å². The highest BCUT2D eigenvalue weighted by Crippen LogP contribution is 2.35. The van der Waals surface area contributed by atoms with E-state index in [2.05, 4.69) is 0 Å². The Morgan fingerprint density at radius 2 is 1.89 bits per heavy atom. The van der Waals surface area contributed by atoms with Crippen molar-refractivity contribution >= 4 is 0 Å². The van der Waals surface area contributed by atoms with Crippen molar-refractivity contribution in [2.75, 3.05) is 34.0 Å². The molecule has 18 heavy (non-hydrogen) atoms. The third-order valence-electron chi connectivity index (χ3n) is 3.04. The smallest absolute Gasteiger partial charge is 0.127 e. The maximum absolute atomic E-state index is 6.26. The maximum atomic E-state index is 6.26. The zero-order chi connectivity index (χ0) is 13.0. The van der Waals surface area contributed by atoms with E-state index in [-0.39, 0.29) is 12.1 Å². The summed E-state index contributed by atoms with van der Waals surface area (Å²) in [7, 11) is 3.23. The molecule has 0 aliphatic carbocycles. The quantitative estimate of drug-likeness (QED) is 0.871. The second-order valence-electron chi connectivity index (χ2n) is 4.09. The standard InChI is InChI=1S/C13H19NO4/c1-15-9-4-3-5-10(16-2)12(9)13(14)11-8-17-6-7-18-11/h3-5,11,13H,6-8,14H2,1-2H3. The van der Waals surface area contributed by atoms with Gasteiger partial charge in [-0.3, -0.25) is 0 Å². The third-order valence-corrected chi connectivity index (χ3v) is 3.04. The zero-order valence-corrected chi connectivity index (χ0v) is 10.7. The lowest BCUT2D eigenvalue weighted by atomic mass is 10.00. The average Bonchev–Trinajstić information content (AvgIpc) is 2.46. The molecular formula is C13H19NO4. The molecule has 1 aliphatic heterocycles. The summed E-state index contributed by atoms with van der Waals surface area (Å²) in [6.45, 7) is 1.67. The monoisotopic (exact) mass is 253 g/mol. The molecule has 2 atom stereocenters. The maximum Gasteiger partial charge on any atom is 0.127 e. The normalized spacial score (nSPS) is 21.4. The van der Waals surface area contributed by atoms with Crippen LogP contribution in [0.1, 0.15) is 11.6 Å². The third kappa shape index (κ3) is 2.58. The van der Waals surface area contributed by atoms with Gasteiger partial charge in [0.15, 0.2) is 0 Å². The Kier molecular flexibility index (Phi) is 4.41. The summed E-state index contributed by atoms with van der Waals surface area (Å²) in [6, 6.07) is 5.26. The molecule has 1 fully saturated rings. The number of benzene rings is 1. The number of hydrogen-bond donors (Lipinski definition) is 1. The van der Waals surface area contributed by atoms with Crippen LogP contribution in [0.2, 0.25) is 0 Å². The van der Waals surface area contributed by atoms with Gasteiger partial charge in [0.1, 0.15) is 17.6 Å². The minimum atomic E-state index is -0.337. The second-order valence-corrected chi connectivity index (χ2v) is 4.09. The molecule has 100 valence electrons. The van der Waals surface area contributed by atoms with Crippen LogP contribution in [0, 0.1) is 0 Å². The Morgan fingerprint density at radius 1 is 1.22 bits per heavy atom. The van der Waals surface area contributed by atoms with E-state index in [1.165, 1.54) is 0 Å². The van der Waals surface area contributed by atoms with Gasteiger partial charge in [0.05, 0.1) is 45.6 Å². The van der Waals surface area contributed by atoms with Gasteiger partial charge >= 0.3 is 0 Å². The van der Waals surface area contributed by atoms with Gasteiger partial charge < -0.3 is 24.7 Å². The Labute approximate surface area is 107 Å². The number of rotatable bonds is 4. The average molecular weight is 253 g/mol. The van der Waals surface area contributed by atoms with E-state index in [4.69, 9.17) is 24.7 Å². The predicted molar refractivity (Wildman–Crippen MR) is 67.0 cm³/mol. The minimum absolute atomic E-state index is 0.177. The molecule has 2 unspecified atom stereocenters. The molecular weight excluding hydrogens is 234 g/mol. The summed E-state index contributed by atoms with van der Waals surface area (Å²) >= 11 is 0. The van der Waals surface area contributed by atoms with Gasteiger partial charge in [-0.25, -0.2) is 0 Å². The lowest BCUT2D eigenvalue weighted by Gasteiger charge is -2.29. The Balaban J connectivity index is 2.29. The van der Waals surface area contributed by atoms with Crippen molar-refractivity contribution in [1.82, 2.24) is 0 Å². The first-order valence-electron chi connectivity index (χ1n) is 5.93. The van der Waals surface area contributed by atoms with Crippen LogP contribution in [0.5, 0.6) is 11.5 Å². The summed E-state index contributed by atoms with van der Waals surface area (Å²) < 4.78 is 21.7. The Morgan fingerprint density at radius 3 is 2.39 bits per heavy atom. The van der Waals surface area contributed by atoms with Gasteiger partial charge in [-0.05, 0) is 12.1 Å². The highest BCUT2D eigenvalue weighted by atomic mass is 16.6. The molecule has 5 heteroatoms. The molecule has 1 saturated heterocycles.